The Morgan fingerprint density at radius 1 is 0.650 bits per heavy atom. The number of nitrogens with zero attached hydrogens (tertiary/aromatic N) is 4. The predicted octanol–water partition coefficient (Wildman–Crippen LogP) is 10.1. The van der Waals surface area contributed by atoms with Crippen LogP contribution in [0.4, 0.5) is 38.0 Å². The molecule has 2 aliphatic heterocycles. The van der Waals surface area contributed by atoms with Crippen molar-refractivity contribution in [3.63, 3.8) is 0 Å². The van der Waals surface area contributed by atoms with E-state index in [4.69, 9.17) is 40.5 Å². The summed E-state index contributed by atoms with van der Waals surface area (Å²) in [4.78, 5) is 38.8. The Hall–Kier alpha value is -6.37. The fourth-order valence-corrected chi connectivity index (χ4v) is 5.36. The molecule has 2 aromatic heterocycles. The molecule has 6 aromatic rings. The maximum absolute atomic E-state index is 13.7. The van der Waals surface area contributed by atoms with Gasteiger partial charge in [0.1, 0.15) is 17.5 Å². The van der Waals surface area contributed by atoms with E-state index in [1.54, 1.807) is 26.0 Å². The van der Waals surface area contributed by atoms with E-state index in [-0.39, 0.29) is 51.1 Å². The number of nitrogens with one attached hydrogen (secondary N) is 1. The normalized spacial score (nSPS) is 13.3. The van der Waals surface area contributed by atoms with E-state index in [0.29, 0.717) is 28.1 Å². The molecule has 12 nitrogen and oxygen atoms in total. The first-order valence-electron chi connectivity index (χ1n) is 16.7. The molecule has 0 saturated heterocycles. The molecule has 3 N–H and O–H groups in total. The highest BCUT2D eigenvalue weighted by atomic mass is 35.5. The Balaban J connectivity index is 0.000000183. The van der Waals surface area contributed by atoms with Gasteiger partial charge in [0.25, 0.3) is 11.1 Å². The molecule has 0 spiro atoms. The number of nitrogens with two attached hydrogens (primary N) is 1. The lowest BCUT2D eigenvalue weighted by atomic mass is 10.1. The minimum atomic E-state index is -3.71. The Morgan fingerprint density at radius 2 is 1.07 bits per heavy atom. The molecule has 1 amide bonds. The topological polar surface area (TPSA) is 161 Å². The van der Waals surface area contributed by atoms with Gasteiger partial charge >= 0.3 is 12.6 Å². The second kappa shape index (κ2) is 19.1. The van der Waals surface area contributed by atoms with Crippen LogP contribution in [-0.2, 0) is 0 Å². The molecule has 0 radical (unpaired) electrons. The number of alkyl halides is 6. The molecule has 0 aliphatic carbocycles. The molecule has 0 saturated carbocycles. The number of rotatable bonds is 5. The molecule has 4 heterocycles. The Kier molecular flexibility index (Phi) is 14.3. The summed E-state index contributed by atoms with van der Waals surface area (Å²) in [6.07, 6.45) is -1.82. The van der Waals surface area contributed by atoms with Gasteiger partial charge in [-0.05, 0) is 85.1 Å². The standard InChI is InChI=1S/C19H12F3N3O3.C12H9F2N3O2.C7H4ClFO.CH2Cl2/c1-10-6-15-16(28-19(21,22)27-15)7-12(10)14-8-24-17(9-23-14)25-18(26)11-4-2-3-5-13(11)20;1-6-2-9-10(19-12(13,14)18-9)3-7(6)8-4-17-11(15)5-16-8;8-7(10)5-3-1-2-4-6(5)9;2-1-3/h2-9H,1H3,(H,24,25,26);2-5H,1H3,(H2,15,17);1-4H;1H2. The van der Waals surface area contributed by atoms with Crippen LogP contribution in [0.5, 0.6) is 23.0 Å². The molecule has 0 atom stereocenters. The predicted molar refractivity (Wildman–Crippen MR) is 209 cm³/mol. The minimum absolute atomic E-state index is 0.00894. The largest absolute Gasteiger partial charge is 0.586 e. The SMILES string of the molecule is Cc1cc2c(cc1-c1cnc(N)cn1)OC(F)(F)O2.Cc1cc2c(cc1-c1cnc(NC(=O)c3ccccc3F)cn1)OC(F)(F)O2.ClCCl.O=C(Cl)c1ccccc1F. The van der Waals surface area contributed by atoms with Crippen LogP contribution in [0.2, 0.25) is 0 Å². The number of nitrogen functional groups attached to an aromatic ring is 1. The van der Waals surface area contributed by atoms with Gasteiger partial charge in [0, 0.05) is 11.1 Å². The number of fused-ring (bicyclic) bond motifs is 2. The van der Waals surface area contributed by atoms with Crippen LogP contribution in [0.15, 0.2) is 97.6 Å². The number of carbonyl (C=O) groups excluding carboxylic acids is 2. The van der Waals surface area contributed by atoms with Gasteiger partial charge in [-0.2, -0.15) is 0 Å². The van der Waals surface area contributed by atoms with Crippen molar-refractivity contribution in [3.8, 4) is 45.5 Å². The summed E-state index contributed by atoms with van der Waals surface area (Å²) >= 11 is 14.6. The Labute approximate surface area is 351 Å². The van der Waals surface area contributed by atoms with Crippen LogP contribution in [0.25, 0.3) is 22.5 Å². The van der Waals surface area contributed by atoms with Crippen molar-refractivity contribution >= 4 is 57.6 Å². The van der Waals surface area contributed by atoms with Crippen molar-refractivity contribution in [3.05, 3.63) is 131 Å². The lowest BCUT2D eigenvalue weighted by Gasteiger charge is -2.08. The zero-order valence-corrected chi connectivity index (χ0v) is 32.9. The lowest BCUT2D eigenvalue weighted by Crippen LogP contribution is -2.25. The number of amides is 1. The maximum atomic E-state index is 13.7. The van der Waals surface area contributed by atoms with Gasteiger partial charge in [-0.3, -0.25) is 19.6 Å². The highest BCUT2D eigenvalue weighted by Crippen LogP contribution is 2.45. The first-order valence-corrected chi connectivity index (χ1v) is 18.2. The molecule has 4 aromatic carbocycles. The van der Waals surface area contributed by atoms with Crippen molar-refractivity contribution in [2.24, 2.45) is 0 Å². The average molecular weight is 896 g/mol. The first kappa shape index (κ1) is 44.7. The summed E-state index contributed by atoms with van der Waals surface area (Å²) in [6, 6.07) is 16.8. The zero-order chi connectivity index (χ0) is 43.8. The lowest BCUT2D eigenvalue weighted by molar-refractivity contribution is -0.287. The maximum Gasteiger partial charge on any atom is 0.586 e. The monoisotopic (exact) mass is 894 g/mol. The quantitative estimate of drug-likeness (QED) is 0.0963. The van der Waals surface area contributed by atoms with E-state index in [0.717, 1.165) is 5.56 Å². The van der Waals surface area contributed by atoms with E-state index in [1.165, 1.54) is 85.5 Å². The summed E-state index contributed by atoms with van der Waals surface area (Å²) in [5.41, 5.74) is 8.64. The van der Waals surface area contributed by atoms with Crippen LogP contribution >= 0.6 is 34.8 Å². The minimum Gasteiger partial charge on any atom is -0.395 e. The highest BCUT2D eigenvalue weighted by Gasteiger charge is 2.44. The summed E-state index contributed by atoms with van der Waals surface area (Å²) in [7, 11) is 0. The summed E-state index contributed by atoms with van der Waals surface area (Å²) in [5, 5.41) is 1.88. The van der Waals surface area contributed by atoms with Gasteiger partial charge in [-0.25, -0.2) is 18.7 Å². The van der Waals surface area contributed by atoms with Gasteiger partial charge in [-0.1, -0.05) is 24.3 Å². The number of halogens is 9. The highest BCUT2D eigenvalue weighted by molar-refractivity contribution is 6.67. The van der Waals surface area contributed by atoms with E-state index >= 15 is 0 Å². The number of anilines is 2. The Morgan fingerprint density at radius 3 is 1.45 bits per heavy atom. The third-order valence-electron chi connectivity index (χ3n) is 7.82. The second-order valence-electron chi connectivity index (χ2n) is 12.0. The number of benzene rings is 4. The fraction of sp³-hybridized carbons (Fsp3) is 0.128. The third kappa shape index (κ3) is 11.4. The van der Waals surface area contributed by atoms with Gasteiger partial charge in [0.15, 0.2) is 28.8 Å². The molecule has 0 fully saturated rings. The zero-order valence-electron chi connectivity index (χ0n) is 30.7. The number of carbonyl (C=O) groups is 2. The van der Waals surface area contributed by atoms with Gasteiger partial charge in [0.05, 0.1) is 52.6 Å². The molecule has 60 heavy (non-hydrogen) atoms. The smallest absolute Gasteiger partial charge is 0.395 e. The molecular formula is C39H27Cl3F6N6O6. The van der Waals surface area contributed by atoms with E-state index in [9.17, 15) is 35.9 Å². The fourth-order valence-electron chi connectivity index (χ4n) is 5.21. The van der Waals surface area contributed by atoms with Gasteiger partial charge < -0.3 is 30.0 Å². The van der Waals surface area contributed by atoms with Crippen molar-refractivity contribution in [2.75, 3.05) is 16.4 Å². The number of hydrogen-bond acceptors (Lipinski definition) is 11. The number of ether oxygens (including phenoxy) is 4. The van der Waals surface area contributed by atoms with E-state index < -0.39 is 35.4 Å². The van der Waals surface area contributed by atoms with Crippen molar-refractivity contribution in [1.82, 2.24) is 19.9 Å². The first-order chi connectivity index (χ1) is 28.4. The van der Waals surface area contributed by atoms with Crippen molar-refractivity contribution in [2.45, 2.75) is 26.4 Å². The number of aryl methyl sites for hydroxylation is 2. The molecule has 21 heteroatoms. The molecule has 0 unspecified atom stereocenters. The molecular weight excluding hydrogens is 869 g/mol. The summed E-state index contributed by atoms with van der Waals surface area (Å²) in [5.74, 6) is -1.69. The average Bonchev–Trinajstić information content (AvgIpc) is 3.67. The molecule has 0 bridgehead atoms. The van der Waals surface area contributed by atoms with E-state index in [1.807, 2.05) is 0 Å². The summed E-state index contributed by atoms with van der Waals surface area (Å²) in [6.45, 7) is 3.46. The van der Waals surface area contributed by atoms with Crippen LogP contribution in [0.3, 0.4) is 0 Å². The Bertz CT molecular complexity index is 2510. The van der Waals surface area contributed by atoms with Gasteiger partial charge in [0.2, 0.25) is 0 Å². The van der Waals surface area contributed by atoms with Crippen molar-refractivity contribution < 1.29 is 54.9 Å². The molecule has 2 aliphatic rings. The van der Waals surface area contributed by atoms with E-state index in [2.05, 4.69) is 44.2 Å². The van der Waals surface area contributed by atoms with Crippen LogP contribution < -0.4 is 30.0 Å². The van der Waals surface area contributed by atoms with Gasteiger partial charge in [-0.15, -0.1) is 40.8 Å². The molecule has 312 valence electrons. The summed E-state index contributed by atoms with van der Waals surface area (Å²) < 4.78 is 96.2. The number of hydrogen-bond donors (Lipinski definition) is 2. The van der Waals surface area contributed by atoms with Crippen LogP contribution in [-0.4, -0.2) is 49.0 Å². The van der Waals surface area contributed by atoms with Crippen LogP contribution in [0.1, 0.15) is 31.8 Å². The van der Waals surface area contributed by atoms with Crippen LogP contribution in [0, 0.1) is 25.5 Å². The number of aromatic nitrogens is 4. The molecule has 8 rings (SSSR count). The second-order valence-corrected chi connectivity index (χ2v) is 13.1. The third-order valence-corrected chi connectivity index (χ3v) is 8.02. The van der Waals surface area contributed by atoms with Crippen molar-refractivity contribution in [1.29, 1.82) is 0 Å².